The topological polar surface area (TPSA) is 80.0 Å². The summed E-state index contributed by atoms with van der Waals surface area (Å²) in [7, 11) is 0. The summed E-state index contributed by atoms with van der Waals surface area (Å²) in [6.45, 7) is 0. The predicted molar refractivity (Wildman–Crippen MR) is 74.1 cm³/mol. The molecule has 0 radical (unpaired) electrons. The van der Waals surface area contributed by atoms with Crippen molar-refractivity contribution >= 4 is 33.2 Å². The van der Waals surface area contributed by atoms with E-state index in [1.807, 2.05) is 5.43 Å². The van der Waals surface area contributed by atoms with Crippen LogP contribution >= 0.6 is 15.9 Å². The van der Waals surface area contributed by atoms with Crippen LogP contribution in [0.15, 0.2) is 35.1 Å². The molecule has 1 heterocycles. The maximum atomic E-state index is 13.5. The lowest BCUT2D eigenvalue weighted by atomic mass is 10.1. The van der Waals surface area contributed by atoms with Gasteiger partial charge in [-0.2, -0.15) is 0 Å². The Balaban J connectivity index is 2.29. The first-order valence-corrected chi connectivity index (χ1v) is 6.18. The fraction of sp³-hybridized carbons (Fsp3) is 0. The fourth-order valence-corrected chi connectivity index (χ4v) is 1.86. The summed E-state index contributed by atoms with van der Waals surface area (Å²) in [6, 6.07) is 3.33. The van der Waals surface area contributed by atoms with E-state index in [2.05, 4.69) is 26.2 Å². The fourth-order valence-electron chi connectivity index (χ4n) is 1.51. The van der Waals surface area contributed by atoms with Gasteiger partial charge in [0.1, 0.15) is 5.69 Å². The number of benzene rings is 1. The summed E-state index contributed by atoms with van der Waals surface area (Å²) in [5, 5.41) is 2.51. The van der Waals surface area contributed by atoms with Crippen molar-refractivity contribution in [2.24, 2.45) is 5.84 Å². The zero-order chi connectivity index (χ0) is 14.7. The minimum atomic E-state index is -0.952. The van der Waals surface area contributed by atoms with E-state index in [1.165, 1.54) is 12.4 Å². The highest BCUT2D eigenvalue weighted by Crippen LogP contribution is 2.23. The number of rotatable bonds is 3. The van der Waals surface area contributed by atoms with Crippen molar-refractivity contribution in [2.75, 3.05) is 10.7 Å². The predicted octanol–water partition coefficient (Wildman–Crippen LogP) is 2.66. The summed E-state index contributed by atoms with van der Waals surface area (Å²) in [5.41, 5.74) is 1.67. The third-order valence-electron chi connectivity index (χ3n) is 2.47. The minimum Gasteiger partial charge on any atom is -0.321 e. The number of aromatic nitrogens is 1. The van der Waals surface area contributed by atoms with E-state index in [4.69, 9.17) is 5.84 Å². The van der Waals surface area contributed by atoms with E-state index in [1.54, 1.807) is 6.07 Å². The lowest BCUT2D eigenvalue weighted by Gasteiger charge is -2.09. The molecule has 104 valence electrons. The second kappa shape index (κ2) is 5.93. The van der Waals surface area contributed by atoms with E-state index in [0.717, 1.165) is 12.1 Å². The van der Waals surface area contributed by atoms with Gasteiger partial charge in [-0.25, -0.2) is 8.78 Å². The molecule has 4 N–H and O–H groups in total. The lowest BCUT2D eigenvalue weighted by Crippen LogP contribution is -2.15. The highest BCUT2D eigenvalue weighted by atomic mass is 79.9. The number of carbonyl (C=O) groups is 1. The number of nitrogens with zero attached hydrogens (tertiary/aromatic N) is 1. The summed E-state index contributed by atoms with van der Waals surface area (Å²) in [6.07, 6.45) is 2.96. The molecule has 5 nitrogen and oxygen atoms in total. The van der Waals surface area contributed by atoms with Crippen LogP contribution < -0.4 is 16.6 Å². The molecule has 0 spiro atoms. The molecule has 0 bridgehead atoms. The van der Waals surface area contributed by atoms with Crippen LogP contribution in [-0.4, -0.2) is 10.9 Å². The van der Waals surface area contributed by atoms with Crippen molar-refractivity contribution in [3.63, 3.8) is 0 Å². The number of pyridine rings is 1. The monoisotopic (exact) mass is 342 g/mol. The lowest BCUT2D eigenvalue weighted by molar-refractivity contribution is 0.102. The van der Waals surface area contributed by atoms with Gasteiger partial charge in [-0.15, -0.1) is 0 Å². The van der Waals surface area contributed by atoms with Gasteiger partial charge in [0.15, 0.2) is 11.6 Å². The van der Waals surface area contributed by atoms with Crippen LogP contribution in [0.3, 0.4) is 0 Å². The molecule has 20 heavy (non-hydrogen) atoms. The van der Waals surface area contributed by atoms with Crippen LogP contribution in [0.5, 0.6) is 0 Å². The van der Waals surface area contributed by atoms with Crippen molar-refractivity contribution in [3.05, 3.63) is 52.3 Å². The van der Waals surface area contributed by atoms with Crippen LogP contribution in [0.4, 0.5) is 20.2 Å². The van der Waals surface area contributed by atoms with Crippen molar-refractivity contribution in [1.82, 2.24) is 4.98 Å². The number of hydrogen-bond acceptors (Lipinski definition) is 4. The number of nitrogens with two attached hydrogens (primary N) is 1. The Hall–Kier alpha value is -2.06. The van der Waals surface area contributed by atoms with Gasteiger partial charge in [-0.1, -0.05) is 0 Å². The average Bonchev–Trinajstić information content (AvgIpc) is 2.41. The van der Waals surface area contributed by atoms with Crippen molar-refractivity contribution in [3.8, 4) is 0 Å². The van der Waals surface area contributed by atoms with Gasteiger partial charge in [0.25, 0.3) is 5.91 Å². The van der Waals surface area contributed by atoms with Gasteiger partial charge in [0.2, 0.25) is 0 Å². The summed E-state index contributed by atoms with van der Waals surface area (Å²) in [5.74, 6) is 2.42. The summed E-state index contributed by atoms with van der Waals surface area (Å²) >= 11 is 3.20. The van der Waals surface area contributed by atoms with Crippen molar-refractivity contribution < 1.29 is 13.6 Å². The molecule has 1 amide bonds. The molecule has 2 aromatic rings. The van der Waals surface area contributed by atoms with E-state index in [9.17, 15) is 13.6 Å². The molecule has 1 aromatic carbocycles. The standard InChI is InChI=1S/C12H9BrF2N4O/c13-7-5-17-2-1-10(7)18-12(20)6-3-8(14)11(19-16)9(15)4-6/h1-5,19H,16H2,(H,17,18,20). The number of hydrazine groups is 1. The highest BCUT2D eigenvalue weighted by molar-refractivity contribution is 9.10. The average molecular weight is 343 g/mol. The first-order valence-electron chi connectivity index (χ1n) is 5.39. The van der Waals surface area contributed by atoms with Crippen molar-refractivity contribution in [2.45, 2.75) is 0 Å². The molecule has 0 saturated heterocycles. The number of hydrogen-bond donors (Lipinski definition) is 3. The second-order valence-electron chi connectivity index (χ2n) is 3.77. The van der Waals surface area contributed by atoms with Gasteiger partial charge >= 0.3 is 0 Å². The molecular weight excluding hydrogens is 334 g/mol. The van der Waals surface area contributed by atoms with Gasteiger partial charge in [0, 0.05) is 18.0 Å². The van der Waals surface area contributed by atoms with Crippen LogP contribution in [-0.2, 0) is 0 Å². The zero-order valence-corrected chi connectivity index (χ0v) is 11.5. The maximum absolute atomic E-state index is 13.5. The van der Waals surface area contributed by atoms with Crippen molar-refractivity contribution in [1.29, 1.82) is 0 Å². The Morgan fingerprint density at radius 1 is 1.30 bits per heavy atom. The molecule has 0 aliphatic rings. The molecule has 0 aliphatic heterocycles. The number of carbonyl (C=O) groups excluding carboxylic acids is 1. The van der Waals surface area contributed by atoms with E-state index in [0.29, 0.717) is 10.2 Å². The van der Waals surface area contributed by atoms with E-state index in [-0.39, 0.29) is 5.56 Å². The number of nitrogen functional groups attached to an aromatic ring is 1. The Labute approximate surface area is 121 Å². The minimum absolute atomic E-state index is 0.164. The number of amides is 1. The third kappa shape index (κ3) is 2.91. The summed E-state index contributed by atoms with van der Waals surface area (Å²) in [4.78, 5) is 15.8. The number of anilines is 2. The number of halogens is 3. The highest BCUT2D eigenvalue weighted by Gasteiger charge is 2.15. The Kier molecular flexibility index (Phi) is 4.26. The van der Waals surface area contributed by atoms with Crippen LogP contribution in [0.25, 0.3) is 0 Å². The Bertz CT molecular complexity index is 643. The van der Waals surface area contributed by atoms with Crippen LogP contribution in [0.2, 0.25) is 0 Å². The smallest absolute Gasteiger partial charge is 0.255 e. The van der Waals surface area contributed by atoms with Gasteiger partial charge in [-0.05, 0) is 34.1 Å². The van der Waals surface area contributed by atoms with Gasteiger partial charge in [-0.3, -0.25) is 15.6 Å². The zero-order valence-electron chi connectivity index (χ0n) is 9.95. The molecule has 1 aromatic heterocycles. The molecule has 8 heteroatoms. The SMILES string of the molecule is NNc1c(F)cc(C(=O)Nc2ccncc2Br)cc1F. The quantitative estimate of drug-likeness (QED) is 0.591. The third-order valence-corrected chi connectivity index (χ3v) is 3.10. The Morgan fingerprint density at radius 2 is 1.95 bits per heavy atom. The molecule has 0 atom stereocenters. The molecule has 0 aliphatic carbocycles. The molecule has 0 fully saturated rings. The summed E-state index contributed by atoms with van der Waals surface area (Å²) < 4.78 is 27.6. The molecule has 0 saturated carbocycles. The van der Waals surface area contributed by atoms with Gasteiger partial charge in [0.05, 0.1) is 10.2 Å². The van der Waals surface area contributed by atoms with Crippen LogP contribution in [0, 0.1) is 11.6 Å². The van der Waals surface area contributed by atoms with Crippen LogP contribution in [0.1, 0.15) is 10.4 Å². The second-order valence-corrected chi connectivity index (χ2v) is 4.62. The maximum Gasteiger partial charge on any atom is 0.255 e. The van der Waals surface area contributed by atoms with Gasteiger partial charge < -0.3 is 10.7 Å². The van der Waals surface area contributed by atoms with E-state index < -0.39 is 23.2 Å². The normalized spacial score (nSPS) is 10.2. The first-order chi connectivity index (χ1) is 9.52. The van der Waals surface area contributed by atoms with E-state index >= 15 is 0 Å². The molecular formula is C12H9BrF2N4O. The first kappa shape index (κ1) is 14.4. The number of nitrogens with one attached hydrogen (secondary N) is 2. The molecule has 2 rings (SSSR count). The molecule has 0 unspecified atom stereocenters. The largest absolute Gasteiger partial charge is 0.321 e. The Morgan fingerprint density at radius 3 is 2.50 bits per heavy atom.